The van der Waals surface area contributed by atoms with Crippen molar-refractivity contribution in [3.05, 3.63) is 0 Å². The predicted octanol–water partition coefficient (Wildman–Crippen LogP) is 1.34. The van der Waals surface area contributed by atoms with E-state index in [0.717, 1.165) is 19.3 Å². The van der Waals surface area contributed by atoms with Crippen LogP contribution in [0.2, 0.25) is 0 Å². The number of rotatable bonds is 10. The first-order chi connectivity index (χ1) is 7.63. The van der Waals surface area contributed by atoms with Crippen LogP contribution in [0, 0.1) is 0 Å². The van der Waals surface area contributed by atoms with Crippen molar-refractivity contribution in [2.24, 2.45) is 0 Å². The fourth-order valence-corrected chi connectivity index (χ4v) is 1.35. The third kappa shape index (κ3) is 8.05. The topological polar surface area (TPSA) is 58.9 Å². The van der Waals surface area contributed by atoms with Gasteiger partial charge < -0.3 is 19.7 Å². The second kappa shape index (κ2) is 10.0. The van der Waals surface area contributed by atoms with Crippen LogP contribution in [0.4, 0.5) is 0 Å². The lowest BCUT2D eigenvalue weighted by molar-refractivity contribution is -0.0867. The number of unbranched alkanes of at least 4 members (excludes halogenated alkanes) is 1. The lowest BCUT2D eigenvalue weighted by Crippen LogP contribution is -2.28. The Balaban J connectivity index is 3.68. The van der Waals surface area contributed by atoms with Crippen LogP contribution in [-0.4, -0.2) is 48.3 Å². The summed E-state index contributed by atoms with van der Waals surface area (Å²) in [5.74, 6) is 0. The Morgan fingerprint density at radius 2 is 1.75 bits per heavy atom. The summed E-state index contributed by atoms with van der Waals surface area (Å²) in [7, 11) is 0. The smallest absolute Gasteiger partial charge is 0.0810 e. The number of hydrogen-bond donors (Lipinski definition) is 2. The van der Waals surface area contributed by atoms with Gasteiger partial charge in [-0.2, -0.15) is 0 Å². The number of hydrogen-bond acceptors (Lipinski definition) is 4. The zero-order chi connectivity index (χ0) is 12.4. The minimum absolute atomic E-state index is 0.0198. The molecule has 2 N–H and O–H groups in total. The largest absolute Gasteiger partial charge is 0.394 e. The summed E-state index contributed by atoms with van der Waals surface area (Å²) in [4.78, 5) is 0. The van der Waals surface area contributed by atoms with Gasteiger partial charge in [0.15, 0.2) is 0 Å². The maximum absolute atomic E-state index is 9.12. The highest BCUT2D eigenvalue weighted by molar-refractivity contribution is 4.60. The molecule has 4 heteroatoms. The Morgan fingerprint density at radius 3 is 2.25 bits per heavy atom. The quantitative estimate of drug-likeness (QED) is 0.599. The Labute approximate surface area is 98.6 Å². The molecule has 0 spiro atoms. The van der Waals surface area contributed by atoms with Crippen molar-refractivity contribution < 1.29 is 19.7 Å². The Bertz CT molecular complexity index is 152. The summed E-state index contributed by atoms with van der Waals surface area (Å²) >= 11 is 0. The summed E-state index contributed by atoms with van der Waals surface area (Å²) in [6.07, 6.45) is 2.74. The Kier molecular flexibility index (Phi) is 9.92. The molecule has 0 rings (SSSR count). The van der Waals surface area contributed by atoms with E-state index < -0.39 is 0 Å². The lowest BCUT2D eigenvalue weighted by atomic mass is 10.2. The molecule has 0 aromatic rings. The summed E-state index contributed by atoms with van der Waals surface area (Å²) in [6.45, 7) is 6.37. The maximum atomic E-state index is 9.12. The minimum Gasteiger partial charge on any atom is -0.394 e. The van der Waals surface area contributed by atoms with Gasteiger partial charge in [0.05, 0.1) is 38.1 Å². The van der Waals surface area contributed by atoms with Gasteiger partial charge in [-0.25, -0.2) is 0 Å². The molecule has 16 heavy (non-hydrogen) atoms. The molecule has 0 fully saturated rings. The molecule has 3 unspecified atom stereocenters. The van der Waals surface area contributed by atoms with Gasteiger partial charge in [0, 0.05) is 0 Å². The summed E-state index contributed by atoms with van der Waals surface area (Å²) in [6, 6.07) is 0. The van der Waals surface area contributed by atoms with Gasteiger partial charge in [0.2, 0.25) is 0 Å². The molecular formula is C12H26O4. The lowest BCUT2D eigenvalue weighted by Gasteiger charge is -2.22. The van der Waals surface area contributed by atoms with Crippen LogP contribution >= 0.6 is 0 Å². The summed E-state index contributed by atoms with van der Waals surface area (Å²) in [5.41, 5.74) is 0. The van der Waals surface area contributed by atoms with Crippen molar-refractivity contribution in [2.75, 3.05) is 19.8 Å². The molecule has 0 aliphatic heterocycles. The van der Waals surface area contributed by atoms with Crippen LogP contribution in [0.3, 0.4) is 0 Å². The minimum atomic E-state index is -0.158. The van der Waals surface area contributed by atoms with Crippen molar-refractivity contribution >= 4 is 0 Å². The Hall–Kier alpha value is -0.160. The van der Waals surface area contributed by atoms with E-state index in [4.69, 9.17) is 19.7 Å². The first kappa shape index (κ1) is 15.8. The number of aliphatic hydroxyl groups excluding tert-OH is 2. The molecular weight excluding hydrogens is 208 g/mol. The highest BCUT2D eigenvalue weighted by atomic mass is 16.5. The molecule has 0 bridgehead atoms. The van der Waals surface area contributed by atoms with E-state index in [1.54, 1.807) is 0 Å². The van der Waals surface area contributed by atoms with Crippen molar-refractivity contribution in [1.29, 1.82) is 0 Å². The average Bonchev–Trinajstić information content (AvgIpc) is 2.31. The van der Waals surface area contributed by atoms with E-state index in [0.29, 0.717) is 6.61 Å². The molecule has 4 nitrogen and oxygen atoms in total. The van der Waals surface area contributed by atoms with E-state index in [1.807, 2.05) is 13.8 Å². The maximum Gasteiger partial charge on any atom is 0.0810 e. The molecule has 0 aromatic heterocycles. The monoisotopic (exact) mass is 234 g/mol. The second-order valence-corrected chi connectivity index (χ2v) is 4.22. The van der Waals surface area contributed by atoms with Crippen molar-refractivity contribution in [3.8, 4) is 0 Å². The first-order valence-electron chi connectivity index (χ1n) is 6.12. The Morgan fingerprint density at radius 1 is 1.06 bits per heavy atom. The van der Waals surface area contributed by atoms with Crippen LogP contribution < -0.4 is 0 Å². The number of ether oxygens (including phenoxy) is 2. The van der Waals surface area contributed by atoms with E-state index in [2.05, 4.69) is 6.92 Å². The van der Waals surface area contributed by atoms with Crippen LogP contribution in [0.25, 0.3) is 0 Å². The molecule has 0 aromatic carbocycles. The van der Waals surface area contributed by atoms with E-state index in [1.165, 1.54) is 0 Å². The molecule has 0 saturated heterocycles. The zero-order valence-electron chi connectivity index (χ0n) is 10.7. The third-order valence-corrected chi connectivity index (χ3v) is 2.38. The zero-order valence-corrected chi connectivity index (χ0v) is 10.7. The van der Waals surface area contributed by atoms with Gasteiger partial charge in [0.1, 0.15) is 0 Å². The van der Waals surface area contributed by atoms with E-state index in [9.17, 15) is 0 Å². The third-order valence-electron chi connectivity index (χ3n) is 2.38. The average molecular weight is 234 g/mol. The first-order valence-corrected chi connectivity index (χ1v) is 6.12. The summed E-state index contributed by atoms with van der Waals surface area (Å²) < 4.78 is 11.0. The molecule has 0 heterocycles. The summed E-state index contributed by atoms with van der Waals surface area (Å²) in [5, 5.41) is 17.9. The number of aliphatic hydroxyl groups is 2. The van der Waals surface area contributed by atoms with E-state index >= 15 is 0 Å². The van der Waals surface area contributed by atoms with Crippen molar-refractivity contribution in [2.45, 2.75) is 58.3 Å². The normalized spacial score (nSPS) is 17.1. The van der Waals surface area contributed by atoms with Crippen LogP contribution in [0.5, 0.6) is 0 Å². The molecule has 0 aliphatic carbocycles. The molecule has 0 radical (unpaired) electrons. The second-order valence-electron chi connectivity index (χ2n) is 4.22. The van der Waals surface area contributed by atoms with Crippen molar-refractivity contribution in [3.63, 3.8) is 0 Å². The standard InChI is InChI=1S/C12H26O4/c1-4-5-6-12(8-14)16-11(3)9-15-10(2)7-13/h10-14H,4-9H2,1-3H3. The van der Waals surface area contributed by atoms with Gasteiger partial charge in [-0.1, -0.05) is 19.8 Å². The highest BCUT2D eigenvalue weighted by Gasteiger charge is 2.13. The SMILES string of the molecule is CCCCC(CO)OC(C)COC(C)CO. The molecule has 0 saturated carbocycles. The predicted molar refractivity (Wildman–Crippen MR) is 63.4 cm³/mol. The fourth-order valence-electron chi connectivity index (χ4n) is 1.35. The molecule has 0 amide bonds. The van der Waals surface area contributed by atoms with Gasteiger partial charge >= 0.3 is 0 Å². The fraction of sp³-hybridized carbons (Fsp3) is 1.00. The van der Waals surface area contributed by atoms with Crippen LogP contribution in [-0.2, 0) is 9.47 Å². The van der Waals surface area contributed by atoms with Gasteiger partial charge in [-0.3, -0.25) is 0 Å². The van der Waals surface area contributed by atoms with Gasteiger partial charge in [-0.15, -0.1) is 0 Å². The van der Waals surface area contributed by atoms with E-state index in [-0.39, 0.29) is 31.5 Å². The van der Waals surface area contributed by atoms with Gasteiger partial charge in [-0.05, 0) is 20.3 Å². The van der Waals surface area contributed by atoms with Gasteiger partial charge in [0.25, 0.3) is 0 Å². The molecule has 3 atom stereocenters. The van der Waals surface area contributed by atoms with Crippen LogP contribution in [0.15, 0.2) is 0 Å². The molecule has 98 valence electrons. The van der Waals surface area contributed by atoms with Crippen molar-refractivity contribution in [1.82, 2.24) is 0 Å². The molecule has 0 aliphatic rings. The highest BCUT2D eigenvalue weighted by Crippen LogP contribution is 2.08. The van der Waals surface area contributed by atoms with Crippen LogP contribution in [0.1, 0.15) is 40.0 Å².